The molecule has 0 fully saturated rings. The molecule has 2 heterocycles. The van der Waals surface area contributed by atoms with Gasteiger partial charge in [-0.2, -0.15) is 0 Å². The summed E-state index contributed by atoms with van der Waals surface area (Å²) in [6.07, 6.45) is 16.3. The minimum Gasteiger partial charge on any atom is -0.381 e. The number of aromatic nitrogens is 2. The Labute approximate surface area is 186 Å². The molecule has 7 nitrogen and oxygen atoms in total. The normalized spacial score (nSPS) is 10.7. The van der Waals surface area contributed by atoms with Gasteiger partial charge in [0.05, 0.1) is 0 Å². The summed E-state index contributed by atoms with van der Waals surface area (Å²) >= 11 is 0. The molecule has 0 amide bonds. The van der Waals surface area contributed by atoms with E-state index in [4.69, 9.17) is 15.0 Å². The standard InChI is InChI=1S/C24H36N5O2/c25-28-27-14-1-3-17-30-20-8-12-24-10-6-16-29(22-24)15-2-4-18-31-19-7-11-23-9-5-13-26-21-23/h5-6,9-10,13,16,21-22H,1-4,7-8,11-12,14-15,17-20H2/q+1. The lowest BCUT2D eigenvalue weighted by molar-refractivity contribution is -0.697. The fourth-order valence-corrected chi connectivity index (χ4v) is 3.30. The Kier molecular flexibility index (Phi) is 13.8. The number of aryl methyl sites for hydroxylation is 3. The molecule has 2 rings (SSSR count). The third-order valence-electron chi connectivity index (χ3n) is 4.97. The summed E-state index contributed by atoms with van der Waals surface area (Å²) in [5.74, 6) is 0. The largest absolute Gasteiger partial charge is 0.381 e. The average molecular weight is 427 g/mol. The van der Waals surface area contributed by atoms with Crippen LogP contribution < -0.4 is 4.57 Å². The van der Waals surface area contributed by atoms with E-state index in [1.807, 2.05) is 18.5 Å². The highest BCUT2D eigenvalue weighted by molar-refractivity contribution is 5.08. The van der Waals surface area contributed by atoms with Crippen molar-refractivity contribution in [3.8, 4) is 0 Å². The topological polar surface area (TPSA) is 84.0 Å². The maximum atomic E-state index is 8.22. The van der Waals surface area contributed by atoms with Crippen molar-refractivity contribution in [1.82, 2.24) is 4.98 Å². The van der Waals surface area contributed by atoms with Crippen LogP contribution in [0.15, 0.2) is 54.2 Å². The molecule has 0 aromatic carbocycles. The quantitative estimate of drug-likeness (QED) is 0.112. The van der Waals surface area contributed by atoms with Crippen molar-refractivity contribution in [3.05, 3.63) is 70.6 Å². The lowest BCUT2D eigenvalue weighted by Gasteiger charge is -2.05. The number of hydrogen-bond donors (Lipinski definition) is 0. The zero-order chi connectivity index (χ0) is 21.8. The van der Waals surface area contributed by atoms with Crippen molar-refractivity contribution in [1.29, 1.82) is 0 Å². The monoisotopic (exact) mass is 426 g/mol. The Balaban J connectivity index is 1.45. The molecule has 31 heavy (non-hydrogen) atoms. The van der Waals surface area contributed by atoms with Gasteiger partial charge in [0, 0.05) is 68.3 Å². The molecule has 7 heteroatoms. The van der Waals surface area contributed by atoms with E-state index < -0.39 is 0 Å². The molecule has 0 N–H and O–H groups in total. The molecule has 2 aromatic heterocycles. The number of unbranched alkanes of at least 4 members (excludes halogenated alkanes) is 2. The number of ether oxygens (including phenoxy) is 2. The molecule has 0 radical (unpaired) electrons. The number of hydrogen-bond acceptors (Lipinski definition) is 4. The number of azide groups is 1. The first-order valence-electron chi connectivity index (χ1n) is 11.4. The zero-order valence-electron chi connectivity index (χ0n) is 18.6. The third-order valence-corrected chi connectivity index (χ3v) is 4.97. The van der Waals surface area contributed by atoms with Crippen molar-refractivity contribution < 1.29 is 14.0 Å². The summed E-state index contributed by atoms with van der Waals surface area (Å²) < 4.78 is 13.7. The summed E-state index contributed by atoms with van der Waals surface area (Å²) in [6, 6.07) is 8.40. The number of rotatable bonds is 18. The van der Waals surface area contributed by atoms with Gasteiger partial charge < -0.3 is 9.47 Å². The summed E-state index contributed by atoms with van der Waals surface area (Å²) in [5, 5.41) is 3.52. The first-order chi connectivity index (χ1) is 15.4. The van der Waals surface area contributed by atoms with E-state index in [1.54, 1.807) is 0 Å². The van der Waals surface area contributed by atoms with E-state index in [-0.39, 0.29) is 0 Å². The van der Waals surface area contributed by atoms with Crippen LogP contribution in [0, 0.1) is 0 Å². The van der Waals surface area contributed by atoms with Crippen molar-refractivity contribution in [2.75, 3.05) is 33.0 Å². The van der Waals surface area contributed by atoms with Gasteiger partial charge in [0.1, 0.15) is 6.54 Å². The average Bonchev–Trinajstić information content (AvgIpc) is 2.81. The molecule has 0 aliphatic rings. The van der Waals surface area contributed by atoms with E-state index in [0.717, 1.165) is 84.3 Å². The first kappa shape index (κ1) is 24.8. The molecule has 0 aliphatic carbocycles. The van der Waals surface area contributed by atoms with Gasteiger partial charge >= 0.3 is 0 Å². The maximum Gasteiger partial charge on any atom is 0.171 e. The molecule has 0 spiro atoms. The molecule has 168 valence electrons. The van der Waals surface area contributed by atoms with Crippen LogP contribution in [0.1, 0.15) is 49.7 Å². The van der Waals surface area contributed by atoms with Gasteiger partial charge in [-0.1, -0.05) is 11.2 Å². The van der Waals surface area contributed by atoms with Crippen LogP contribution in [-0.4, -0.2) is 38.0 Å². The Hall–Kier alpha value is -2.47. The van der Waals surface area contributed by atoms with Crippen LogP contribution >= 0.6 is 0 Å². The minimum atomic E-state index is 0.558. The van der Waals surface area contributed by atoms with E-state index in [9.17, 15) is 0 Å². The van der Waals surface area contributed by atoms with Crippen LogP contribution in [0.2, 0.25) is 0 Å². The summed E-state index contributed by atoms with van der Waals surface area (Å²) in [7, 11) is 0. The second kappa shape index (κ2) is 17.2. The second-order valence-electron chi connectivity index (χ2n) is 7.61. The van der Waals surface area contributed by atoms with Gasteiger partial charge in [-0.05, 0) is 68.2 Å². The van der Waals surface area contributed by atoms with E-state index in [1.165, 1.54) is 11.1 Å². The molecule has 0 atom stereocenters. The summed E-state index contributed by atoms with van der Waals surface area (Å²) in [6.45, 7) is 4.73. The maximum absolute atomic E-state index is 8.22. The molecule has 0 unspecified atom stereocenters. The fourth-order valence-electron chi connectivity index (χ4n) is 3.30. The fraction of sp³-hybridized carbons (Fsp3) is 0.583. The smallest absolute Gasteiger partial charge is 0.171 e. The highest BCUT2D eigenvalue weighted by Gasteiger charge is 2.03. The molecule has 0 saturated heterocycles. The van der Waals surface area contributed by atoms with Crippen molar-refractivity contribution in [2.45, 2.75) is 57.9 Å². The lowest BCUT2D eigenvalue weighted by atomic mass is 10.1. The second-order valence-corrected chi connectivity index (χ2v) is 7.61. The molecule has 0 bridgehead atoms. The molecular formula is C24H36N5O2+. The highest BCUT2D eigenvalue weighted by Crippen LogP contribution is 2.03. The van der Waals surface area contributed by atoms with Crippen LogP contribution in [-0.2, 0) is 28.9 Å². The van der Waals surface area contributed by atoms with E-state index in [0.29, 0.717) is 6.54 Å². The third kappa shape index (κ3) is 12.7. The Morgan fingerprint density at radius 2 is 1.58 bits per heavy atom. The number of nitrogens with zero attached hydrogens (tertiary/aromatic N) is 5. The van der Waals surface area contributed by atoms with Crippen LogP contribution in [0.5, 0.6) is 0 Å². The minimum absolute atomic E-state index is 0.558. The van der Waals surface area contributed by atoms with Gasteiger partial charge in [-0.3, -0.25) is 4.98 Å². The van der Waals surface area contributed by atoms with Gasteiger partial charge in [-0.25, -0.2) is 4.57 Å². The molecular weight excluding hydrogens is 390 g/mol. The van der Waals surface area contributed by atoms with Crippen LogP contribution in [0.25, 0.3) is 10.4 Å². The predicted molar refractivity (Wildman–Crippen MR) is 122 cm³/mol. The SMILES string of the molecule is [N-]=[N+]=NCCCCOCCCc1ccc[n+](CCCCOCCCc2cccnc2)c1. The predicted octanol–water partition coefficient (Wildman–Crippen LogP) is 4.84. The Bertz CT molecular complexity index is 751. The zero-order valence-corrected chi connectivity index (χ0v) is 18.6. The van der Waals surface area contributed by atoms with Crippen molar-refractivity contribution >= 4 is 0 Å². The number of pyridine rings is 2. The highest BCUT2D eigenvalue weighted by atomic mass is 16.5. The summed E-state index contributed by atoms with van der Waals surface area (Å²) in [5.41, 5.74) is 10.8. The van der Waals surface area contributed by atoms with Gasteiger partial charge in [0.2, 0.25) is 0 Å². The van der Waals surface area contributed by atoms with E-state index in [2.05, 4.69) is 50.2 Å². The first-order valence-corrected chi connectivity index (χ1v) is 11.4. The van der Waals surface area contributed by atoms with Crippen molar-refractivity contribution in [2.24, 2.45) is 5.11 Å². The van der Waals surface area contributed by atoms with Gasteiger partial charge in [0.25, 0.3) is 0 Å². The van der Waals surface area contributed by atoms with Crippen molar-refractivity contribution in [3.63, 3.8) is 0 Å². The molecule has 0 saturated carbocycles. The lowest BCUT2D eigenvalue weighted by Crippen LogP contribution is -2.33. The summed E-state index contributed by atoms with van der Waals surface area (Å²) in [4.78, 5) is 6.88. The van der Waals surface area contributed by atoms with Crippen LogP contribution in [0.3, 0.4) is 0 Å². The van der Waals surface area contributed by atoms with Gasteiger partial charge in [0.15, 0.2) is 12.4 Å². The van der Waals surface area contributed by atoms with E-state index >= 15 is 0 Å². The molecule has 2 aromatic rings. The Morgan fingerprint density at radius 1 is 0.871 bits per heavy atom. The van der Waals surface area contributed by atoms with Crippen LogP contribution in [0.4, 0.5) is 0 Å². The van der Waals surface area contributed by atoms with Gasteiger partial charge in [-0.15, -0.1) is 0 Å². The molecule has 0 aliphatic heterocycles. The Morgan fingerprint density at radius 3 is 2.32 bits per heavy atom.